The van der Waals surface area contributed by atoms with E-state index in [1.54, 1.807) is 0 Å². The number of rotatable bonds is 6. The molecule has 4 rings (SSSR count). The smallest absolute Gasteiger partial charge is 0.249 e. The Hall–Kier alpha value is -3.15. The molecule has 0 radical (unpaired) electrons. The minimum Gasteiger partial charge on any atom is -0.448 e. The van der Waals surface area contributed by atoms with Crippen LogP contribution in [-0.4, -0.2) is 31.3 Å². The first-order valence-electron chi connectivity index (χ1n) is 10.3. The van der Waals surface area contributed by atoms with Gasteiger partial charge in [-0.1, -0.05) is 4.21 Å². The van der Waals surface area contributed by atoms with Crippen molar-refractivity contribution in [2.75, 3.05) is 6.26 Å². The van der Waals surface area contributed by atoms with E-state index in [0.29, 0.717) is 5.56 Å². The molecule has 34 heavy (non-hydrogen) atoms. The first-order chi connectivity index (χ1) is 15.9. The van der Waals surface area contributed by atoms with Crippen LogP contribution in [-0.2, 0) is 21.0 Å². The lowest BCUT2D eigenvalue weighted by atomic mass is 10.1. The molecule has 0 saturated carbocycles. The number of aromatic amines is 2. The normalized spacial score (nSPS) is 13.9. The lowest BCUT2D eigenvalue weighted by Crippen LogP contribution is -2.35. The Morgan fingerprint density at radius 1 is 1.15 bits per heavy atom. The van der Waals surface area contributed by atoms with E-state index < -0.39 is 38.3 Å². The third-order valence-electron chi connectivity index (χ3n) is 5.11. The predicted molar refractivity (Wildman–Crippen MR) is 124 cm³/mol. The number of hydrogen-bond acceptors (Lipinski definition) is 4. The fourth-order valence-electron chi connectivity index (χ4n) is 3.53. The summed E-state index contributed by atoms with van der Waals surface area (Å²) < 4.78 is 73.8. The molecule has 0 bridgehead atoms. The van der Waals surface area contributed by atoms with Crippen molar-refractivity contribution in [3.05, 3.63) is 59.8 Å². The van der Waals surface area contributed by atoms with Crippen molar-refractivity contribution in [1.82, 2.24) is 20.3 Å². The van der Waals surface area contributed by atoms with E-state index in [1.165, 1.54) is 36.8 Å². The molecule has 2 aromatic heterocycles. The Morgan fingerprint density at radius 2 is 1.88 bits per heavy atom. The number of imidazole rings is 1. The summed E-state index contributed by atoms with van der Waals surface area (Å²) in [6, 6.07) is 3.86. The SMILES string of the molecule is CC(C)(C)NCc1cc(F)c(-c2ncc[nH]2)cc1Oc1c(F)c(F)c2[nH]ccc2c1[S+](C)(=O)O. The standard InChI is InChI=1S/C23H23F3N4O3S/c1-23(2,3)30-11-12-9-15(24)14(22-28-7-8-29-22)10-16(12)33-20-18(26)17(25)19-13(5-6-27-19)21(20)34(4,31)32/h5-10,27,30H,11H2,1-4H3,(H-,28,29,31,32)/p+1. The molecule has 0 aliphatic rings. The van der Waals surface area contributed by atoms with Crippen LogP contribution in [0.4, 0.5) is 13.2 Å². The van der Waals surface area contributed by atoms with E-state index in [-0.39, 0.29) is 40.1 Å². The molecule has 11 heteroatoms. The number of halogens is 3. The molecule has 1 atom stereocenters. The Morgan fingerprint density at radius 3 is 2.50 bits per heavy atom. The molecular weight excluding hydrogens is 469 g/mol. The molecule has 7 nitrogen and oxygen atoms in total. The zero-order chi connectivity index (χ0) is 24.8. The van der Waals surface area contributed by atoms with Gasteiger partial charge in [0.05, 0.1) is 16.5 Å². The number of H-pyrrole nitrogens is 2. The van der Waals surface area contributed by atoms with Crippen LogP contribution in [0.25, 0.3) is 22.3 Å². The van der Waals surface area contributed by atoms with Gasteiger partial charge in [-0.3, -0.25) is 0 Å². The Bertz CT molecular complexity index is 1410. The van der Waals surface area contributed by atoms with E-state index in [2.05, 4.69) is 20.3 Å². The second kappa shape index (κ2) is 8.57. The summed E-state index contributed by atoms with van der Waals surface area (Å²) >= 11 is 0. The topological polar surface area (TPSA) is 103 Å². The third kappa shape index (κ3) is 4.59. The average molecular weight is 494 g/mol. The predicted octanol–water partition coefficient (Wildman–Crippen LogP) is 5.62. The summed E-state index contributed by atoms with van der Waals surface area (Å²) in [4.78, 5) is 8.97. The molecule has 180 valence electrons. The molecule has 4 N–H and O–H groups in total. The number of ether oxygens (including phenoxy) is 1. The van der Waals surface area contributed by atoms with Crippen molar-refractivity contribution in [2.24, 2.45) is 0 Å². The quantitative estimate of drug-likeness (QED) is 0.261. The van der Waals surface area contributed by atoms with Gasteiger partial charge < -0.3 is 20.0 Å². The Labute approximate surface area is 195 Å². The van der Waals surface area contributed by atoms with Gasteiger partial charge in [0, 0.05) is 36.2 Å². The van der Waals surface area contributed by atoms with Crippen LogP contribution in [0.2, 0.25) is 0 Å². The Kier molecular flexibility index (Phi) is 6.05. The van der Waals surface area contributed by atoms with Gasteiger partial charge in [-0.05, 0) is 39.0 Å². The van der Waals surface area contributed by atoms with Crippen molar-refractivity contribution in [1.29, 1.82) is 0 Å². The van der Waals surface area contributed by atoms with Crippen LogP contribution in [0.3, 0.4) is 0 Å². The highest BCUT2D eigenvalue weighted by Gasteiger charge is 2.37. The van der Waals surface area contributed by atoms with Gasteiger partial charge in [-0.2, -0.15) is 8.94 Å². The molecule has 0 spiro atoms. The number of hydrogen-bond donors (Lipinski definition) is 4. The summed E-state index contributed by atoms with van der Waals surface area (Å²) in [6.07, 6.45) is 5.27. The molecule has 2 heterocycles. The molecule has 0 aliphatic carbocycles. The minimum absolute atomic E-state index is 0.00614. The fraction of sp³-hybridized carbons (Fsp3) is 0.261. The second-order valence-corrected chi connectivity index (χ2v) is 11.0. The highest BCUT2D eigenvalue weighted by molar-refractivity contribution is 7.97. The maximum Gasteiger partial charge on any atom is 0.249 e. The molecule has 0 amide bonds. The maximum atomic E-state index is 15.2. The van der Waals surface area contributed by atoms with E-state index in [4.69, 9.17) is 4.74 Å². The number of aromatic nitrogens is 3. The van der Waals surface area contributed by atoms with Gasteiger partial charge in [0.25, 0.3) is 0 Å². The van der Waals surface area contributed by atoms with Gasteiger partial charge in [-0.15, -0.1) is 0 Å². The van der Waals surface area contributed by atoms with Crippen LogP contribution in [0.15, 0.2) is 41.7 Å². The first-order valence-corrected chi connectivity index (χ1v) is 12.2. The molecule has 0 aliphatic heterocycles. The van der Waals surface area contributed by atoms with Crippen LogP contribution in [0.1, 0.15) is 26.3 Å². The molecule has 1 unspecified atom stereocenters. The average Bonchev–Trinajstić information content (AvgIpc) is 3.42. The minimum atomic E-state index is -3.81. The highest BCUT2D eigenvalue weighted by Crippen LogP contribution is 2.42. The summed E-state index contributed by atoms with van der Waals surface area (Å²) in [5, 5.41) is 3.20. The van der Waals surface area contributed by atoms with E-state index >= 15 is 4.39 Å². The van der Waals surface area contributed by atoms with Gasteiger partial charge in [0.2, 0.25) is 26.7 Å². The van der Waals surface area contributed by atoms with E-state index in [1.807, 2.05) is 20.8 Å². The van der Waals surface area contributed by atoms with Gasteiger partial charge in [0.15, 0.2) is 5.82 Å². The van der Waals surface area contributed by atoms with Crippen molar-refractivity contribution in [3.63, 3.8) is 0 Å². The van der Waals surface area contributed by atoms with Crippen LogP contribution in [0.5, 0.6) is 11.5 Å². The van der Waals surface area contributed by atoms with Crippen LogP contribution in [0, 0.1) is 17.5 Å². The van der Waals surface area contributed by atoms with E-state index in [9.17, 15) is 17.5 Å². The largest absolute Gasteiger partial charge is 0.448 e. The number of benzene rings is 2. The summed E-state index contributed by atoms with van der Waals surface area (Å²) in [6.45, 7) is 5.85. The molecule has 0 fully saturated rings. The van der Waals surface area contributed by atoms with Crippen molar-refractivity contribution in [2.45, 2.75) is 37.8 Å². The van der Waals surface area contributed by atoms with Crippen molar-refractivity contribution >= 4 is 21.1 Å². The number of nitrogens with one attached hydrogen (secondary N) is 3. The van der Waals surface area contributed by atoms with Crippen LogP contribution < -0.4 is 10.1 Å². The van der Waals surface area contributed by atoms with E-state index in [0.717, 1.165) is 6.26 Å². The third-order valence-corrected chi connectivity index (χ3v) is 6.28. The Balaban J connectivity index is 1.93. The van der Waals surface area contributed by atoms with Gasteiger partial charge in [-0.25, -0.2) is 13.8 Å². The molecule has 4 aromatic rings. The molecule has 2 aromatic carbocycles. The summed E-state index contributed by atoms with van der Waals surface area (Å²) in [5.41, 5.74) is -0.273. The second-order valence-electron chi connectivity index (χ2n) is 8.94. The molecule has 0 saturated heterocycles. The monoisotopic (exact) mass is 493 g/mol. The first kappa shape index (κ1) is 24.0. The lowest BCUT2D eigenvalue weighted by molar-refractivity contribution is 0.390. The van der Waals surface area contributed by atoms with Gasteiger partial charge >= 0.3 is 0 Å². The molecular formula is C23H24F3N4O3S+. The zero-order valence-corrected chi connectivity index (χ0v) is 19.7. The number of fused-ring (bicyclic) bond motifs is 1. The fourth-order valence-corrected chi connectivity index (χ4v) is 4.58. The number of nitrogens with zero attached hydrogens (tertiary/aromatic N) is 1. The van der Waals surface area contributed by atoms with Crippen molar-refractivity contribution in [3.8, 4) is 22.9 Å². The summed E-state index contributed by atoms with van der Waals surface area (Å²) in [7, 11) is -3.81. The lowest BCUT2D eigenvalue weighted by Gasteiger charge is -2.22. The zero-order valence-electron chi connectivity index (χ0n) is 18.9. The summed E-state index contributed by atoms with van der Waals surface area (Å²) in [5.74, 6) is -3.87. The highest BCUT2D eigenvalue weighted by atomic mass is 32.3. The van der Waals surface area contributed by atoms with Crippen molar-refractivity contribution < 1.29 is 26.7 Å². The van der Waals surface area contributed by atoms with Gasteiger partial charge in [0.1, 0.15) is 23.6 Å². The maximum absolute atomic E-state index is 15.2. The van der Waals surface area contributed by atoms with Crippen LogP contribution >= 0.6 is 0 Å².